The highest BCUT2D eigenvalue weighted by atomic mass is 32.2. The van der Waals surface area contributed by atoms with Crippen LogP contribution in [0.5, 0.6) is 0 Å². The van der Waals surface area contributed by atoms with Crippen molar-refractivity contribution in [3.63, 3.8) is 0 Å². The Bertz CT molecular complexity index is 998. The lowest BCUT2D eigenvalue weighted by Gasteiger charge is -2.31. The van der Waals surface area contributed by atoms with Crippen LogP contribution < -0.4 is 5.32 Å². The van der Waals surface area contributed by atoms with Crippen LogP contribution in [0.1, 0.15) is 48.1 Å². The molecule has 162 valence electrons. The maximum Gasteiger partial charge on any atom is 0.223 e. The number of piperidine rings is 1. The molecule has 1 N–H and O–H groups in total. The maximum atomic E-state index is 13.0. The SMILES string of the molecule is Cc1ccc(C(C)NC(=O)C2CCN(S(=O)(=O)Cc3ccc(F)cc3)CC2)c(C)c1. The molecule has 0 spiro atoms. The quantitative estimate of drug-likeness (QED) is 0.754. The van der Waals surface area contributed by atoms with E-state index in [1.54, 1.807) is 0 Å². The van der Waals surface area contributed by atoms with Gasteiger partial charge in [-0.15, -0.1) is 0 Å². The molecule has 1 saturated heterocycles. The third kappa shape index (κ3) is 5.46. The van der Waals surface area contributed by atoms with Crippen molar-refractivity contribution in [1.82, 2.24) is 9.62 Å². The number of amides is 1. The van der Waals surface area contributed by atoms with Crippen LogP contribution in [0.25, 0.3) is 0 Å². The zero-order valence-corrected chi connectivity index (χ0v) is 18.5. The molecule has 1 amide bonds. The second-order valence-corrected chi connectivity index (χ2v) is 10.1. The van der Waals surface area contributed by atoms with Gasteiger partial charge in [0, 0.05) is 19.0 Å². The summed E-state index contributed by atoms with van der Waals surface area (Å²) in [7, 11) is -3.49. The molecule has 1 atom stereocenters. The molecular weight excluding hydrogens is 403 g/mol. The monoisotopic (exact) mass is 432 g/mol. The van der Waals surface area contributed by atoms with Gasteiger partial charge in [-0.05, 0) is 62.4 Å². The molecule has 1 heterocycles. The summed E-state index contributed by atoms with van der Waals surface area (Å²) in [5.41, 5.74) is 3.97. The Morgan fingerprint density at radius 3 is 2.37 bits per heavy atom. The van der Waals surface area contributed by atoms with Crippen LogP contribution in [0.15, 0.2) is 42.5 Å². The number of hydrogen-bond donors (Lipinski definition) is 1. The molecule has 0 saturated carbocycles. The van der Waals surface area contributed by atoms with Crippen molar-refractivity contribution in [3.8, 4) is 0 Å². The van der Waals surface area contributed by atoms with Crippen molar-refractivity contribution in [2.45, 2.75) is 45.4 Å². The molecule has 3 rings (SSSR count). The highest BCUT2D eigenvalue weighted by Gasteiger charge is 2.31. The van der Waals surface area contributed by atoms with E-state index in [4.69, 9.17) is 0 Å². The van der Waals surface area contributed by atoms with E-state index >= 15 is 0 Å². The van der Waals surface area contributed by atoms with Crippen molar-refractivity contribution < 1.29 is 17.6 Å². The molecule has 0 radical (unpaired) electrons. The molecular formula is C23H29FN2O3S. The van der Waals surface area contributed by atoms with Crippen LogP contribution in [-0.4, -0.2) is 31.7 Å². The number of halogens is 1. The second kappa shape index (κ2) is 9.27. The number of carbonyl (C=O) groups is 1. The third-order valence-corrected chi connectivity index (χ3v) is 7.58. The van der Waals surface area contributed by atoms with Gasteiger partial charge in [-0.2, -0.15) is 0 Å². The Morgan fingerprint density at radius 2 is 1.77 bits per heavy atom. The standard InChI is InChI=1S/C23H29FN2O3S/c1-16-4-9-22(17(2)14-16)18(3)25-23(27)20-10-12-26(13-11-20)30(28,29)15-19-5-7-21(24)8-6-19/h4-9,14,18,20H,10-13,15H2,1-3H3,(H,25,27). The normalized spacial score (nSPS) is 16.9. The van der Waals surface area contributed by atoms with Gasteiger partial charge in [0.25, 0.3) is 0 Å². The molecule has 0 aliphatic carbocycles. The summed E-state index contributed by atoms with van der Waals surface area (Å²) < 4.78 is 39.8. The van der Waals surface area contributed by atoms with Gasteiger partial charge in [0.2, 0.25) is 15.9 Å². The minimum Gasteiger partial charge on any atom is -0.349 e. The fraction of sp³-hybridized carbons (Fsp3) is 0.435. The summed E-state index contributed by atoms with van der Waals surface area (Å²) in [6.45, 7) is 6.68. The average Bonchev–Trinajstić information content (AvgIpc) is 2.69. The molecule has 1 aliphatic heterocycles. The second-order valence-electron chi connectivity index (χ2n) is 8.15. The lowest BCUT2D eigenvalue weighted by atomic mass is 9.95. The van der Waals surface area contributed by atoms with Crippen LogP contribution in [0.4, 0.5) is 4.39 Å². The number of sulfonamides is 1. The first-order valence-corrected chi connectivity index (χ1v) is 11.9. The van der Waals surface area contributed by atoms with E-state index in [-0.39, 0.29) is 23.6 Å². The number of rotatable bonds is 6. The summed E-state index contributed by atoms with van der Waals surface area (Å²) in [5, 5.41) is 3.08. The largest absolute Gasteiger partial charge is 0.349 e. The molecule has 7 heteroatoms. The van der Waals surface area contributed by atoms with Gasteiger partial charge in [0.1, 0.15) is 5.82 Å². The first-order valence-electron chi connectivity index (χ1n) is 10.3. The topological polar surface area (TPSA) is 66.5 Å². The minimum absolute atomic E-state index is 0.0296. The van der Waals surface area contributed by atoms with Crippen molar-refractivity contribution in [2.24, 2.45) is 5.92 Å². The number of carbonyl (C=O) groups excluding carboxylic acids is 1. The average molecular weight is 433 g/mol. The van der Waals surface area contributed by atoms with Gasteiger partial charge in [-0.25, -0.2) is 17.1 Å². The summed E-state index contributed by atoms with van der Waals surface area (Å²) in [5.74, 6) is -0.778. The fourth-order valence-corrected chi connectivity index (χ4v) is 5.56. The molecule has 1 fully saturated rings. The lowest BCUT2D eigenvalue weighted by molar-refractivity contribution is -0.126. The van der Waals surface area contributed by atoms with E-state index < -0.39 is 15.8 Å². The van der Waals surface area contributed by atoms with Crippen LogP contribution >= 0.6 is 0 Å². The Hall–Kier alpha value is -2.25. The van der Waals surface area contributed by atoms with E-state index in [0.717, 1.165) is 11.1 Å². The molecule has 2 aromatic carbocycles. The molecule has 1 unspecified atom stereocenters. The summed E-state index contributed by atoms with van der Waals surface area (Å²) in [4.78, 5) is 12.7. The van der Waals surface area contributed by atoms with E-state index in [9.17, 15) is 17.6 Å². The van der Waals surface area contributed by atoms with Gasteiger partial charge in [0.15, 0.2) is 0 Å². The third-order valence-electron chi connectivity index (χ3n) is 5.73. The van der Waals surface area contributed by atoms with E-state index in [1.807, 2.05) is 32.9 Å². The van der Waals surface area contributed by atoms with Crippen LogP contribution in [0.3, 0.4) is 0 Å². The van der Waals surface area contributed by atoms with Gasteiger partial charge >= 0.3 is 0 Å². The summed E-state index contributed by atoms with van der Waals surface area (Å²) in [6.07, 6.45) is 0.988. The van der Waals surface area contributed by atoms with Gasteiger partial charge in [-0.1, -0.05) is 35.9 Å². The van der Waals surface area contributed by atoms with Crippen molar-refractivity contribution in [1.29, 1.82) is 0 Å². The van der Waals surface area contributed by atoms with Crippen molar-refractivity contribution in [3.05, 3.63) is 70.5 Å². The summed E-state index contributed by atoms with van der Waals surface area (Å²) in [6, 6.07) is 11.6. The zero-order valence-electron chi connectivity index (χ0n) is 17.7. The Labute approximate surface area is 178 Å². The highest BCUT2D eigenvalue weighted by molar-refractivity contribution is 7.88. The number of aryl methyl sites for hydroxylation is 2. The minimum atomic E-state index is -3.49. The first-order chi connectivity index (χ1) is 14.2. The molecule has 0 bridgehead atoms. The van der Waals surface area contributed by atoms with Gasteiger partial charge < -0.3 is 5.32 Å². The van der Waals surface area contributed by atoms with Gasteiger partial charge in [-0.3, -0.25) is 4.79 Å². The van der Waals surface area contributed by atoms with Gasteiger partial charge in [0.05, 0.1) is 11.8 Å². The molecule has 5 nitrogen and oxygen atoms in total. The predicted octanol–water partition coefficient (Wildman–Crippen LogP) is 3.86. The maximum absolute atomic E-state index is 13.0. The van der Waals surface area contributed by atoms with E-state index in [2.05, 4.69) is 11.4 Å². The van der Waals surface area contributed by atoms with Crippen molar-refractivity contribution >= 4 is 15.9 Å². The molecule has 1 aliphatic rings. The van der Waals surface area contributed by atoms with E-state index in [0.29, 0.717) is 31.5 Å². The summed E-state index contributed by atoms with van der Waals surface area (Å²) >= 11 is 0. The number of nitrogens with one attached hydrogen (secondary N) is 1. The highest BCUT2D eigenvalue weighted by Crippen LogP contribution is 2.24. The Morgan fingerprint density at radius 1 is 1.13 bits per heavy atom. The lowest BCUT2D eigenvalue weighted by Crippen LogP contribution is -2.43. The smallest absolute Gasteiger partial charge is 0.223 e. The molecule has 2 aromatic rings. The molecule has 30 heavy (non-hydrogen) atoms. The fourth-order valence-electron chi connectivity index (χ4n) is 4.00. The number of nitrogens with zero attached hydrogens (tertiary/aromatic N) is 1. The van der Waals surface area contributed by atoms with Crippen LogP contribution in [-0.2, 0) is 20.6 Å². The van der Waals surface area contributed by atoms with Crippen molar-refractivity contribution in [2.75, 3.05) is 13.1 Å². The van der Waals surface area contributed by atoms with E-state index in [1.165, 1.54) is 34.1 Å². The van der Waals surface area contributed by atoms with Crippen LogP contribution in [0.2, 0.25) is 0 Å². The zero-order chi connectivity index (χ0) is 21.9. The number of benzene rings is 2. The Balaban J connectivity index is 1.55. The predicted molar refractivity (Wildman–Crippen MR) is 116 cm³/mol. The molecule has 0 aromatic heterocycles. The van der Waals surface area contributed by atoms with Crippen LogP contribution in [0, 0.1) is 25.6 Å². The Kier molecular flexibility index (Phi) is 6.93. The first kappa shape index (κ1) is 22.4. The number of hydrogen-bond acceptors (Lipinski definition) is 3.